The summed E-state index contributed by atoms with van der Waals surface area (Å²) in [6.45, 7) is 6.16. The molecule has 0 bridgehead atoms. The molecule has 0 atom stereocenters. The zero-order valence-corrected chi connectivity index (χ0v) is 6.19. The molecule has 0 aromatic heterocycles. The Balaban J connectivity index is 3.36. The van der Waals surface area contributed by atoms with E-state index in [1.54, 1.807) is 6.92 Å². The van der Waals surface area contributed by atoms with Gasteiger partial charge >= 0.3 is 0 Å². The number of hydrogen-bond acceptors (Lipinski definition) is 1. The van der Waals surface area contributed by atoms with Gasteiger partial charge in [-0.3, -0.25) is 0 Å². The van der Waals surface area contributed by atoms with E-state index in [1.807, 2.05) is 19.9 Å². The first-order valence-electron chi connectivity index (χ1n) is 2.96. The molecule has 0 aromatic rings. The lowest BCUT2D eigenvalue weighted by Crippen LogP contribution is -1.86. The van der Waals surface area contributed by atoms with Crippen LogP contribution in [0.4, 0.5) is 0 Å². The van der Waals surface area contributed by atoms with Crippen LogP contribution >= 0.6 is 0 Å². The summed E-state index contributed by atoms with van der Waals surface area (Å²) < 4.78 is 5.12. The van der Waals surface area contributed by atoms with Crippen LogP contribution in [0.25, 0.3) is 0 Å². The van der Waals surface area contributed by atoms with Gasteiger partial charge in [0.25, 0.3) is 0 Å². The molecule has 0 amide bonds. The van der Waals surface area contributed by atoms with Crippen molar-refractivity contribution in [2.24, 2.45) is 0 Å². The molecular weight excluding hydrogens is 112 g/mol. The topological polar surface area (TPSA) is 9.23 Å². The first-order valence-corrected chi connectivity index (χ1v) is 2.96. The van der Waals surface area contributed by atoms with Crippen LogP contribution in [0.1, 0.15) is 20.8 Å². The first-order chi connectivity index (χ1) is 4.31. The summed E-state index contributed by atoms with van der Waals surface area (Å²) in [5, 5.41) is 0. The molecule has 1 nitrogen and oxygen atoms in total. The van der Waals surface area contributed by atoms with Gasteiger partial charge in [-0.15, -0.1) is 5.92 Å². The van der Waals surface area contributed by atoms with Crippen molar-refractivity contribution in [3.05, 3.63) is 11.8 Å². The molecule has 0 rings (SSSR count). The maximum absolute atomic E-state index is 5.12. The van der Waals surface area contributed by atoms with Crippen molar-refractivity contribution in [2.75, 3.05) is 6.61 Å². The molecule has 0 unspecified atom stereocenters. The molecule has 1 heteroatoms. The van der Waals surface area contributed by atoms with E-state index >= 15 is 0 Å². The summed E-state index contributed by atoms with van der Waals surface area (Å²) in [6.07, 6.45) is 1.91. The fourth-order valence-electron chi connectivity index (χ4n) is 0.305. The highest BCUT2D eigenvalue weighted by Crippen LogP contribution is 1.91. The summed E-state index contributed by atoms with van der Waals surface area (Å²) in [7, 11) is 0. The Kier molecular flexibility index (Phi) is 4.72. The minimum atomic E-state index is 0.507. The van der Waals surface area contributed by atoms with Crippen LogP contribution in [0.2, 0.25) is 0 Å². The van der Waals surface area contributed by atoms with E-state index in [4.69, 9.17) is 4.74 Å². The number of rotatable bonds is 2. The van der Waals surface area contributed by atoms with Crippen LogP contribution in [-0.4, -0.2) is 6.61 Å². The van der Waals surface area contributed by atoms with Crippen molar-refractivity contribution in [2.45, 2.75) is 20.8 Å². The third-order valence-corrected chi connectivity index (χ3v) is 0.955. The van der Waals surface area contributed by atoms with Gasteiger partial charge in [0.1, 0.15) is 6.61 Å². The lowest BCUT2D eigenvalue weighted by atomic mass is 10.5. The largest absolute Gasteiger partial charge is 0.486 e. The molecule has 0 fully saturated rings. The zero-order valence-electron chi connectivity index (χ0n) is 6.19. The van der Waals surface area contributed by atoms with Crippen molar-refractivity contribution < 1.29 is 4.74 Å². The second-order valence-electron chi connectivity index (χ2n) is 1.61. The van der Waals surface area contributed by atoms with Gasteiger partial charge in [0.2, 0.25) is 0 Å². The Morgan fingerprint density at radius 1 is 1.67 bits per heavy atom. The predicted molar refractivity (Wildman–Crippen MR) is 38.8 cm³/mol. The molecular formula is C8H12O. The minimum absolute atomic E-state index is 0.507. The normalized spacial score (nSPS) is 9.89. The lowest BCUT2D eigenvalue weighted by molar-refractivity contribution is 0.255. The van der Waals surface area contributed by atoms with E-state index in [-0.39, 0.29) is 0 Å². The number of allylic oxidation sites excluding steroid dienone is 2. The molecule has 0 aliphatic heterocycles. The fourth-order valence-corrected chi connectivity index (χ4v) is 0.305. The molecule has 0 N–H and O–H groups in total. The third-order valence-electron chi connectivity index (χ3n) is 0.955. The smallest absolute Gasteiger partial charge is 0.148 e. The van der Waals surface area contributed by atoms with Crippen LogP contribution in [0.3, 0.4) is 0 Å². The summed E-state index contributed by atoms with van der Waals surface area (Å²) in [5.41, 5.74) is 0. The Hall–Kier alpha value is -0.900. The van der Waals surface area contributed by atoms with E-state index in [9.17, 15) is 0 Å². The number of hydrogen-bond donors (Lipinski definition) is 0. The van der Waals surface area contributed by atoms with Gasteiger partial charge in [-0.25, -0.2) is 0 Å². The van der Waals surface area contributed by atoms with Crippen LogP contribution in [0, 0.1) is 11.8 Å². The van der Waals surface area contributed by atoms with Crippen molar-refractivity contribution in [1.82, 2.24) is 0 Å². The molecule has 0 aliphatic carbocycles. The average Bonchev–Trinajstić information content (AvgIpc) is 1.89. The van der Waals surface area contributed by atoms with Gasteiger partial charge in [-0.1, -0.05) is 5.92 Å². The lowest BCUT2D eigenvalue weighted by Gasteiger charge is -1.97. The van der Waals surface area contributed by atoms with Crippen molar-refractivity contribution in [3.8, 4) is 11.8 Å². The SMILES string of the molecule is CC#CCO/C(C)=C/C. The van der Waals surface area contributed by atoms with E-state index in [1.165, 1.54) is 0 Å². The maximum atomic E-state index is 5.12. The highest BCUT2D eigenvalue weighted by molar-refractivity contribution is 4.97. The highest BCUT2D eigenvalue weighted by Gasteiger charge is 1.80. The van der Waals surface area contributed by atoms with Gasteiger partial charge in [-0.05, 0) is 26.8 Å². The van der Waals surface area contributed by atoms with E-state index in [2.05, 4.69) is 11.8 Å². The Morgan fingerprint density at radius 2 is 2.33 bits per heavy atom. The average molecular weight is 124 g/mol. The Bertz CT molecular complexity index is 146. The first kappa shape index (κ1) is 8.10. The standard InChI is InChI=1S/C8H12O/c1-4-6-7-9-8(3)5-2/h5H,7H2,1-3H3/b8-5+. The second kappa shape index (κ2) is 5.24. The summed E-state index contributed by atoms with van der Waals surface area (Å²) in [4.78, 5) is 0. The summed E-state index contributed by atoms with van der Waals surface area (Å²) in [6, 6.07) is 0. The Labute approximate surface area is 56.7 Å². The van der Waals surface area contributed by atoms with Gasteiger partial charge in [0, 0.05) is 0 Å². The second-order valence-corrected chi connectivity index (χ2v) is 1.61. The quantitative estimate of drug-likeness (QED) is 0.404. The van der Waals surface area contributed by atoms with Crippen LogP contribution in [0.15, 0.2) is 11.8 Å². The molecule has 50 valence electrons. The summed E-state index contributed by atoms with van der Waals surface area (Å²) in [5.74, 6) is 6.47. The van der Waals surface area contributed by atoms with Crippen molar-refractivity contribution in [3.63, 3.8) is 0 Å². The Morgan fingerprint density at radius 3 is 2.78 bits per heavy atom. The van der Waals surface area contributed by atoms with E-state index in [0.717, 1.165) is 5.76 Å². The van der Waals surface area contributed by atoms with Gasteiger partial charge < -0.3 is 4.74 Å². The summed E-state index contributed by atoms with van der Waals surface area (Å²) >= 11 is 0. The molecule has 0 aliphatic rings. The van der Waals surface area contributed by atoms with Gasteiger partial charge in [-0.2, -0.15) is 0 Å². The van der Waals surface area contributed by atoms with Gasteiger partial charge in [0.05, 0.1) is 5.76 Å². The van der Waals surface area contributed by atoms with Crippen molar-refractivity contribution in [1.29, 1.82) is 0 Å². The molecule has 0 saturated heterocycles. The monoisotopic (exact) mass is 124 g/mol. The van der Waals surface area contributed by atoms with Gasteiger partial charge in [0.15, 0.2) is 0 Å². The maximum Gasteiger partial charge on any atom is 0.148 e. The van der Waals surface area contributed by atoms with E-state index < -0.39 is 0 Å². The van der Waals surface area contributed by atoms with E-state index in [0.29, 0.717) is 6.61 Å². The molecule has 0 radical (unpaired) electrons. The van der Waals surface area contributed by atoms with Crippen molar-refractivity contribution >= 4 is 0 Å². The van der Waals surface area contributed by atoms with Crippen LogP contribution in [-0.2, 0) is 4.74 Å². The molecule has 0 aromatic carbocycles. The zero-order chi connectivity index (χ0) is 7.11. The molecule has 9 heavy (non-hydrogen) atoms. The molecule has 0 heterocycles. The minimum Gasteiger partial charge on any atom is -0.486 e. The van der Waals surface area contributed by atoms with Crippen LogP contribution < -0.4 is 0 Å². The van der Waals surface area contributed by atoms with Crippen LogP contribution in [0.5, 0.6) is 0 Å². The molecule has 0 spiro atoms. The fraction of sp³-hybridized carbons (Fsp3) is 0.500. The molecule has 0 saturated carbocycles. The number of ether oxygens (including phenoxy) is 1. The third kappa shape index (κ3) is 4.96. The predicted octanol–water partition coefficient (Wildman–Crippen LogP) is 1.95. The highest BCUT2D eigenvalue weighted by atomic mass is 16.5.